The molecule has 8 rings (SSSR count). The van der Waals surface area contributed by atoms with Crippen molar-refractivity contribution in [3.05, 3.63) is 125 Å². The molecule has 6 aromatic rings. The summed E-state index contributed by atoms with van der Waals surface area (Å²) in [5, 5.41) is 0.441. The van der Waals surface area contributed by atoms with E-state index in [1.165, 1.54) is 11.1 Å². The number of rotatable bonds is 2. The molecule has 0 unspecified atom stereocenters. The lowest BCUT2D eigenvalue weighted by Gasteiger charge is -2.44. The average Bonchev–Trinajstić information content (AvgIpc) is 3.55. The van der Waals surface area contributed by atoms with Crippen LogP contribution in [0.3, 0.4) is 0 Å². The van der Waals surface area contributed by atoms with Gasteiger partial charge in [-0.1, -0.05) is 146 Å². The Morgan fingerprint density at radius 2 is 0.929 bits per heavy atom. The molecule has 0 spiro atoms. The van der Waals surface area contributed by atoms with Gasteiger partial charge in [0.2, 0.25) is 0 Å². The van der Waals surface area contributed by atoms with Crippen molar-refractivity contribution in [2.75, 3.05) is 9.80 Å². The predicted octanol–water partition coefficient (Wildman–Crippen LogP) is 13.0. The molecule has 288 valence electrons. The van der Waals surface area contributed by atoms with Gasteiger partial charge in [-0.15, -0.1) is 0 Å². The van der Waals surface area contributed by atoms with E-state index in [0.29, 0.717) is 39.0 Å². The molecule has 56 heavy (non-hydrogen) atoms. The average molecular weight is 747 g/mol. The van der Waals surface area contributed by atoms with Crippen molar-refractivity contribution < 1.29 is 12.6 Å². The molecule has 3 heterocycles. The molecule has 0 saturated carbocycles. The number of hydrogen-bond donors (Lipinski definition) is 0. The standard InChI is InChI=1S/C52H61BN2O/c1-48(2,3)32-16-22-37(23-17-32)54-41-29-35(51(10,11)12)20-26-40(41)53-45-42(54)30-36(52(13,14)15)31-43(45)55(38-24-18-33(19-25-38)49(4,5)6)46-39-28-34(50(7,8)9)21-27-44(39)56-47(46)53/h16-31H,1-15H3/i20D,21D,26D,27D,28D,29D. The van der Waals surface area contributed by atoms with Crippen LogP contribution in [0.5, 0.6) is 0 Å². The topological polar surface area (TPSA) is 19.6 Å². The molecule has 0 amide bonds. The lowest BCUT2D eigenvalue weighted by atomic mass is 9.35. The second-order valence-corrected chi connectivity index (χ2v) is 21.2. The second kappa shape index (κ2) is 12.4. The molecular weight excluding hydrogens is 679 g/mol. The van der Waals surface area contributed by atoms with Gasteiger partial charge in [-0.05, 0) is 120 Å². The summed E-state index contributed by atoms with van der Waals surface area (Å²) in [6.07, 6.45) is 0. The third kappa shape index (κ3) is 6.28. The number of anilines is 6. The van der Waals surface area contributed by atoms with E-state index in [2.05, 4.69) is 133 Å². The van der Waals surface area contributed by atoms with E-state index in [-0.39, 0.29) is 58.1 Å². The van der Waals surface area contributed by atoms with Crippen molar-refractivity contribution in [3.63, 3.8) is 0 Å². The minimum absolute atomic E-state index is 0.00396. The SMILES string of the molecule is [2H]c1c([2H])c(C(C)(C)C)c([2H])c2c1B1c3oc4c([2H])c([2H])c(C(C)(C)C)c([2H])c4c3N(c3ccc(C(C)(C)C)cc3)c3cc(C(C)(C)C)cc(c31)N2c1ccc(C(C)(C)C)cc1. The van der Waals surface area contributed by atoms with Gasteiger partial charge in [0.1, 0.15) is 5.58 Å². The Kier molecular flexibility index (Phi) is 6.95. The van der Waals surface area contributed by atoms with Gasteiger partial charge in [-0.2, -0.15) is 0 Å². The minimum atomic E-state index is -0.776. The van der Waals surface area contributed by atoms with Crippen LogP contribution in [0, 0.1) is 0 Å². The zero-order chi connectivity index (χ0) is 45.7. The van der Waals surface area contributed by atoms with Gasteiger partial charge < -0.3 is 14.2 Å². The van der Waals surface area contributed by atoms with Crippen LogP contribution < -0.4 is 26.4 Å². The largest absolute Gasteiger partial charge is 0.468 e. The number of hydrogen-bond acceptors (Lipinski definition) is 3. The summed E-state index contributed by atoms with van der Waals surface area (Å²) in [4.78, 5) is 4.31. The summed E-state index contributed by atoms with van der Waals surface area (Å²) in [6.45, 7) is 30.9. The van der Waals surface area contributed by atoms with Crippen molar-refractivity contribution in [1.29, 1.82) is 0 Å². The maximum atomic E-state index is 10.2. The fourth-order valence-corrected chi connectivity index (χ4v) is 8.01. The molecule has 0 bridgehead atoms. The highest BCUT2D eigenvalue weighted by molar-refractivity contribution is 7.00. The first-order valence-electron chi connectivity index (χ1n) is 23.2. The van der Waals surface area contributed by atoms with Crippen molar-refractivity contribution in [2.24, 2.45) is 0 Å². The van der Waals surface area contributed by atoms with Crippen LogP contribution in [0.2, 0.25) is 0 Å². The monoisotopic (exact) mass is 747 g/mol. The maximum Gasteiger partial charge on any atom is 0.297 e. The Hall–Kier alpha value is -4.70. The molecular formula is C52H61BN2O. The van der Waals surface area contributed by atoms with E-state index < -0.39 is 17.5 Å². The van der Waals surface area contributed by atoms with Crippen molar-refractivity contribution in [1.82, 2.24) is 0 Å². The fourth-order valence-electron chi connectivity index (χ4n) is 8.01. The highest BCUT2D eigenvalue weighted by atomic mass is 16.3. The second-order valence-electron chi connectivity index (χ2n) is 21.2. The first-order valence-corrected chi connectivity index (χ1v) is 20.2. The van der Waals surface area contributed by atoms with E-state index in [1.807, 2.05) is 41.5 Å². The number of furan rings is 1. The molecule has 0 radical (unpaired) electrons. The molecule has 0 aliphatic carbocycles. The van der Waals surface area contributed by atoms with Crippen LogP contribution in [0.15, 0.2) is 101 Å². The molecule has 0 fully saturated rings. The lowest BCUT2D eigenvalue weighted by molar-refractivity contribution is 0.589. The summed E-state index contributed by atoms with van der Waals surface area (Å²) in [5.41, 5.74) is 8.97. The molecule has 2 aliphatic heterocycles. The third-order valence-electron chi connectivity index (χ3n) is 11.5. The Morgan fingerprint density at radius 3 is 1.43 bits per heavy atom. The summed E-state index contributed by atoms with van der Waals surface area (Å²) in [5.74, 6) is 0. The summed E-state index contributed by atoms with van der Waals surface area (Å²) in [7, 11) is 0. The molecule has 4 heteroatoms. The Morgan fingerprint density at radius 1 is 0.482 bits per heavy atom. The van der Waals surface area contributed by atoms with Crippen molar-refractivity contribution >= 4 is 68.4 Å². The van der Waals surface area contributed by atoms with Crippen molar-refractivity contribution in [2.45, 2.75) is 131 Å². The molecule has 0 atom stereocenters. The first-order chi connectivity index (χ1) is 28.5. The highest BCUT2D eigenvalue weighted by Gasteiger charge is 2.47. The van der Waals surface area contributed by atoms with E-state index in [4.69, 9.17) is 4.42 Å². The van der Waals surface area contributed by atoms with Crippen molar-refractivity contribution in [3.8, 4) is 0 Å². The number of benzene rings is 5. The normalized spacial score (nSPS) is 16.1. The first kappa shape index (κ1) is 31.4. The molecule has 2 aliphatic rings. The Labute approximate surface area is 345 Å². The van der Waals surface area contributed by atoms with Gasteiger partial charge in [0.05, 0.1) is 19.6 Å². The third-order valence-corrected chi connectivity index (χ3v) is 11.5. The molecule has 0 N–H and O–H groups in total. The van der Waals surface area contributed by atoms with Crippen LogP contribution in [0.1, 0.15) is 140 Å². The summed E-state index contributed by atoms with van der Waals surface area (Å²) in [6, 6.07) is 21.7. The van der Waals surface area contributed by atoms with Gasteiger partial charge in [0.25, 0.3) is 6.71 Å². The van der Waals surface area contributed by atoms with Crippen LogP contribution in [-0.4, -0.2) is 6.71 Å². The van der Waals surface area contributed by atoms with Crippen LogP contribution >= 0.6 is 0 Å². The van der Waals surface area contributed by atoms with Gasteiger partial charge in [-0.25, -0.2) is 0 Å². The van der Waals surface area contributed by atoms with Gasteiger partial charge in [0, 0.05) is 33.8 Å². The maximum absolute atomic E-state index is 10.2. The lowest BCUT2D eigenvalue weighted by Crippen LogP contribution is -2.61. The van der Waals surface area contributed by atoms with Gasteiger partial charge in [0.15, 0.2) is 0 Å². The highest BCUT2D eigenvalue weighted by Crippen LogP contribution is 2.49. The summed E-state index contributed by atoms with van der Waals surface area (Å²) >= 11 is 0. The smallest absolute Gasteiger partial charge is 0.297 e. The molecule has 5 aromatic carbocycles. The quantitative estimate of drug-likeness (QED) is 0.164. The fraction of sp³-hybridized carbons (Fsp3) is 0.385. The number of fused-ring (bicyclic) bond motifs is 6. The van der Waals surface area contributed by atoms with Crippen LogP contribution in [0.4, 0.5) is 34.1 Å². The molecule has 3 nitrogen and oxygen atoms in total. The van der Waals surface area contributed by atoms with Gasteiger partial charge >= 0.3 is 0 Å². The van der Waals surface area contributed by atoms with E-state index in [0.717, 1.165) is 33.8 Å². The van der Waals surface area contributed by atoms with Crippen LogP contribution in [0.25, 0.3) is 11.0 Å². The van der Waals surface area contributed by atoms with E-state index >= 15 is 0 Å². The Balaban J connectivity index is 1.62. The van der Waals surface area contributed by atoms with Gasteiger partial charge in [-0.3, -0.25) is 0 Å². The zero-order valence-corrected chi connectivity index (χ0v) is 36.2. The van der Waals surface area contributed by atoms with E-state index in [1.54, 1.807) is 0 Å². The van der Waals surface area contributed by atoms with Crippen LogP contribution in [-0.2, 0) is 27.1 Å². The Bertz CT molecular complexity index is 2830. The molecule has 0 saturated heterocycles. The van der Waals surface area contributed by atoms with E-state index in [9.17, 15) is 8.22 Å². The minimum Gasteiger partial charge on any atom is -0.468 e. The zero-order valence-electron chi connectivity index (χ0n) is 42.2. The summed E-state index contributed by atoms with van der Waals surface area (Å²) < 4.78 is 65.5. The number of nitrogens with zero attached hydrogens (tertiary/aromatic N) is 2. The predicted molar refractivity (Wildman–Crippen MR) is 244 cm³/mol. The molecule has 1 aromatic heterocycles.